The second-order valence-corrected chi connectivity index (χ2v) is 19.1. The molecular formula is C66H60N6O2. The Morgan fingerprint density at radius 2 is 0.932 bits per heavy atom. The highest BCUT2D eigenvalue weighted by molar-refractivity contribution is 6.01. The molecule has 0 spiro atoms. The number of unbranched alkanes of at least 4 members (excludes halogenated alkanes) is 6. The third-order valence-corrected chi connectivity index (χ3v) is 14.0. The Morgan fingerprint density at radius 1 is 0.514 bits per heavy atom. The number of nitriles is 1. The number of nitrogens with one attached hydrogen (secondary N) is 2. The van der Waals surface area contributed by atoms with Crippen LogP contribution in [0.4, 0.5) is 17.1 Å². The van der Waals surface area contributed by atoms with E-state index in [1.54, 1.807) is 6.07 Å². The molecule has 0 saturated carbocycles. The van der Waals surface area contributed by atoms with E-state index in [4.69, 9.17) is 9.97 Å². The predicted octanol–water partition coefficient (Wildman–Crippen LogP) is 17.4. The normalized spacial score (nSPS) is 12.0. The first kappa shape index (κ1) is 48.8. The zero-order chi connectivity index (χ0) is 50.8. The molecule has 8 heteroatoms. The Labute approximate surface area is 433 Å². The maximum absolute atomic E-state index is 11.7. The molecule has 0 fully saturated rings. The van der Waals surface area contributed by atoms with E-state index < -0.39 is 5.97 Å². The third-order valence-electron chi connectivity index (χ3n) is 14.0. The van der Waals surface area contributed by atoms with E-state index in [9.17, 15) is 15.2 Å². The lowest BCUT2D eigenvalue weighted by molar-refractivity contribution is -0.132. The summed E-state index contributed by atoms with van der Waals surface area (Å²) < 4.78 is 0. The highest BCUT2D eigenvalue weighted by Crippen LogP contribution is 2.43. The van der Waals surface area contributed by atoms with Crippen LogP contribution in [0, 0.1) is 11.3 Å². The molecule has 8 bridgehead atoms. The van der Waals surface area contributed by atoms with Gasteiger partial charge in [-0.05, 0) is 138 Å². The molecular weight excluding hydrogens is 909 g/mol. The number of anilines is 3. The number of hydrogen-bond donors (Lipinski definition) is 3. The number of benzene rings is 5. The van der Waals surface area contributed by atoms with Crippen LogP contribution in [0.2, 0.25) is 0 Å². The lowest BCUT2D eigenvalue weighted by atomic mass is 10.0. The van der Waals surface area contributed by atoms with Crippen molar-refractivity contribution in [3.63, 3.8) is 0 Å². The summed E-state index contributed by atoms with van der Waals surface area (Å²) in [6.45, 7) is 4.52. The zero-order valence-corrected chi connectivity index (χ0v) is 42.1. The number of rotatable bonds is 18. The zero-order valence-electron chi connectivity index (χ0n) is 42.1. The largest absolute Gasteiger partial charge is 0.477 e. The molecule has 0 unspecified atom stereocenters. The van der Waals surface area contributed by atoms with Crippen molar-refractivity contribution in [2.24, 2.45) is 0 Å². The van der Waals surface area contributed by atoms with Gasteiger partial charge in [0.1, 0.15) is 11.6 Å². The number of carboxylic acids is 1. The molecule has 8 nitrogen and oxygen atoms in total. The van der Waals surface area contributed by atoms with Crippen LogP contribution in [-0.4, -0.2) is 31.0 Å². The van der Waals surface area contributed by atoms with E-state index in [2.05, 4.69) is 174 Å². The molecule has 0 radical (unpaired) electrons. The Kier molecular flexibility index (Phi) is 15.0. The minimum Gasteiger partial charge on any atom is -0.477 e. The summed E-state index contributed by atoms with van der Waals surface area (Å²) >= 11 is 0. The van der Waals surface area contributed by atoms with Crippen molar-refractivity contribution in [2.45, 2.75) is 78.1 Å². The van der Waals surface area contributed by atoms with E-state index >= 15 is 0 Å². The SMILES string of the molecule is CCCCCCc1ccc(N(c2ccc(CCCCCC)cc2)c2c3nc(c(-c4ccccc4)c4ccc([nH]4)c(-c4ccc(/C=C(/C#N)C(=O)O)cc4)c4nc(c(-c5ccccc5)c5ccc2[nH]5)C=C4)C=C3)cc1. The minimum atomic E-state index is -1.27. The monoisotopic (exact) mass is 968 g/mol. The van der Waals surface area contributed by atoms with Crippen LogP contribution in [0.3, 0.4) is 0 Å². The molecule has 0 aliphatic carbocycles. The van der Waals surface area contributed by atoms with Gasteiger partial charge in [0, 0.05) is 44.6 Å². The molecule has 8 aromatic rings. The number of aryl methyl sites for hydroxylation is 2. The Bertz CT molecular complexity index is 3500. The van der Waals surface area contributed by atoms with Crippen molar-refractivity contribution < 1.29 is 9.90 Å². The molecule has 0 atom stereocenters. The van der Waals surface area contributed by atoms with E-state index in [0.717, 1.165) is 108 Å². The second-order valence-electron chi connectivity index (χ2n) is 19.1. The number of aliphatic carboxylic acids is 1. The second kappa shape index (κ2) is 22.7. The summed E-state index contributed by atoms with van der Waals surface area (Å²) in [5, 5.41) is 19.1. The lowest BCUT2D eigenvalue weighted by Gasteiger charge is -2.26. The van der Waals surface area contributed by atoms with Crippen molar-refractivity contribution >= 4 is 75.5 Å². The standard InChI is InChI=1S/C66H60N6O2/c1-3-5-7-11-17-45-25-31-52(32-26-45)72(53-33-27-46(28-34-53)18-12-8-6-4-2)65-60-41-39-58(70-60)62(48-19-13-9-14-20-48)54-35-37-56(68-54)64(50-29-23-47(24-30-50)43-51(44-67)66(73)74)57-38-36-55(69-57)63(49-21-15-10-16-22-49)59-40-42-61(65)71-59/h9-10,13-16,19-43,68,71H,3-8,11-12,17-18H2,1-2H3,(H,73,74)/b51-43-,62-54?,62-58?,63-55?,63-59?,64-56?,64-57?,65-60?,65-61?. The molecule has 5 heterocycles. The number of carbonyl (C=O) groups is 1. The van der Waals surface area contributed by atoms with Crippen LogP contribution in [0.25, 0.3) is 85.8 Å². The quantitative estimate of drug-likeness (QED) is 0.0447. The van der Waals surface area contributed by atoms with Crippen LogP contribution in [0.1, 0.15) is 105 Å². The number of hydrogen-bond acceptors (Lipinski definition) is 5. The first-order chi connectivity index (χ1) is 36.4. The van der Waals surface area contributed by atoms with Gasteiger partial charge in [0.25, 0.3) is 0 Å². The van der Waals surface area contributed by atoms with E-state index in [-0.39, 0.29) is 5.57 Å². The van der Waals surface area contributed by atoms with Crippen LogP contribution in [-0.2, 0) is 17.6 Å². The van der Waals surface area contributed by atoms with Crippen molar-refractivity contribution in [2.75, 3.05) is 4.90 Å². The molecule has 0 saturated heterocycles. The van der Waals surface area contributed by atoms with Crippen LogP contribution >= 0.6 is 0 Å². The average molecular weight is 969 g/mol. The molecule has 2 aliphatic rings. The molecule has 2 aliphatic heterocycles. The summed E-state index contributed by atoms with van der Waals surface area (Å²) in [6, 6.07) is 56.9. The molecule has 3 aromatic heterocycles. The lowest BCUT2D eigenvalue weighted by Crippen LogP contribution is -2.12. The molecule has 5 aromatic carbocycles. The molecule has 10 rings (SSSR count). The maximum Gasteiger partial charge on any atom is 0.346 e. The van der Waals surface area contributed by atoms with Crippen LogP contribution in [0.5, 0.6) is 0 Å². The van der Waals surface area contributed by atoms with Crippen molar-refractivity contribution in [1.82, 2.24) is 19.9 Å². The fourth-order valence-electron chi connectivity index (χ4n) is 10.1. The fraction of sp³-hybridized carbons (Fsp3) is 0.182. The summed E-state index contributed by atoms with van der Waals surface area (Å²) in [4.78, 5) is 33.0. The Balaban J connectivity index is 1.26. The number of fused-ring (bicyclic) bond motifs is 8. The first-order valence-electron chi connectivity index (χ1n) is 26.1. The summed E-state index contributed by atoms with van der Waals surface area (Å²) in [6.07, 6.45) is 21.7. The van der Waals surface area contributed by atoms with Crippen LogP contribution in [0.15, 0.2) is 163 Å². The van der Waals surface area contributed by atoms with Gasteiger partial charge >= 0.3 is 5.97 Å². The average Bonchev–Trinajstić information content (AvgIpc) is 4.30. The number of carboxylic acid groups (broad SMARTS) is 1. The fourth-order valence-corrected chi connectivity index (χ4v) is 10.1. The van der Waals surface area contributed by atoms with Gasteiger partial charge in [-0.3, -0.25) is 0 Å². The van der Waals surface area contributed by atoms with E-state index in [0.29, 0.717) is 5.56 Å². The smallest absolute Gasteiger partial charge is 0.346 e. The van der Waals surface area contributed by atoms with Crippen molar-refractivity contribution in [3.8, 4) is 39.4 Å². The van der Waals surface area contributed by atoms with Crippen molar-refractivity contribution in [3.05, 3.63) is 203 Å². The molecule has 366 valence electrons. The predicted molar refractivity (Wildman–Crippen MR) is 307 cm³/mol. The molecule has 3 N–H and O–H groups in total. The van der Waals surface area contributed by atoms with E-state index in [1.165, 1.54) is 68.6 Å². The highest BCUT2D eigenvalue weighted by Gasteiger charge is 2.23. The molecule has 74 heavy (non-hydrogen) atoms. The minimum absolute atomic E-state index is 0.335. The summed E-state index contributed by atoms with van der Waals surface area (Å²) in [7, 11) is 0. The number of aromatic nitrogens is 4. The van der Waals surface area contributed by atoms with Gasteiger partial charge in [-0.25, -0.2) is 14.8 Å². The van der Waals surface area contributed by atoms with E-state index in [1.807, 2.05) is 36.4 Å². The van der Waals surface area contributed by atoms with Crippen molar-refractivity contribution in [1.29, 1.82) is 5.26 Å². The van der Waals surface area contributed by atoms with Gasteiger partial charge in [-0.15, -0.1) is 0 Å². The number of nitrogens with zero attached hydrogens (tertiary/aromatic N) is 4. The van der Waals surface area contributed by atoms with Gasteiger partial charge in [0.05, 0.1) is 34.0 Å². The Hall–Kier alpha value is -8.80. The van der Waals surface area contributed by atoms with Gasteiger partial charge in [0.2, 0.25) is 0 Å². The van der Waals surface area contributed by atoms with Gasteiger partial charge < -0.3 is 20.0 Å². The Morgan fingerprint density at radius 3 is 1.38 bits per heavy atom. The maximum atomic E-state index is 11.7. The molecule has 0 amide bonds. The topological polar surface area (TPSA) is 122 Å². The summed E-state index contributed by atoms with van der Waals surface area (Å²) in [5.74, 6) is -1.27. The van der Waals surface area contributed by atoms with Gasteiger partial charge in [-0.1, -0.05) is 162 Å². The number of H-pyrrole nitrogens is 2. The van der Waals surface area contributed by atoms with Gasteiger partial charge in [0.15, 0.2) is 0 Å². The number of aromatic amines is 2. The van der Waals surface area contributed by atoms with Crippen LogP contribution < -0.4 is 4.90 Å². The van der Waals surface area contributed by atoms with Gasteiger partial charge in [-0.2, -0.15) is 5.26 Å². The first-order valence-corrected chi connectivity index (χ1v) is 26.1. The summed E-state index contributed by atoms with van der Waals surface area (Å²) in [5.41, 5.74) is 18.3. The highest BCUT2D eigenvalue weighted by atomic mass is 16.4. The third kappa shape index (κ3) is 10.7.